The Bertz CT molecular complexity index is 235. The van der Waals surface area contributed by atoms with Crippen LogP contribution in [0.3, 0.4) is 0 Å². The minimum absolute atomic E-state index is 0.350. The van der Waals surface area contributed by atoms with E-state index in [0.717, 1.165) is 12.1 Å². The Balaban J connectivity index is 2.71. The van der Waals surface area contributed by atoms with Crippen LogP contribution in [-0.2, 0) is 6.42 Å². The summed E-state index contributed by atoms with van der Waals surface area (Å²) in [4.78, 5) is 7.99. The van der Waals surface area contributed by atoms with Gasteiger partial charge in [0.25, 0.3) is 0 Å². The molecule has 0 bridgehead atoms. The maximum Gasteiger partial charge on any atom is 0.147 e. The number of rotatable bonds is 2. The van der Waals surface area contributed by atoms with Gasteiger partial charge in [0, 0.05) is 6.20 Å². The van der Waals surface area contributed by atoms with Gasteiger partial charge in [-0.25, -0.2) is 4.98 Å². The maximum absolute atomic E-state index is 5.63. The number of nitrogens with zero attached hydrogens (tertiary/aromatic N) is 2. The standard InChI is InChI=1S/C8H10ClN2/c1-6(2)3-7-4-10-5-8(9)11-7/h4-6H,1,3H2,2H3. The molecule has 1 radical (unpaired) electrons. The zero-order chi connectivity index (χ0) is 8.27. The zero-order valence-corrected chi connectivity index (χ0v) is 7.17. The van der Waals surface area contributed by atoms with Crippen LogP contribution >= 0.6 is 11.6 Å². The first-order valence-corrected chi connectivity index (χ1v) is 3.86. The quantitative estimate of drug-likeness (QED) is 0.678. The van der Waals surface area contributed by atoms with Gasteiger partial charge in [0.05, 0.1) is 11.9 Å². The molecule has 0 fully saturated rings. The lowest BCUT2D eigenvalue weighted by Crippen LogP contribution is -1.97. The van der Waals surface area contributed by atoms with E-state index in [1.54, 1.807) is 6.20 Å². The summed E-state index contributed by atoms with van der Waals surface area (Å²) in [5.41, 5.74) is 0.903. The first-order valence-electron chi connectivity index (χ1n) is 3.48. The van der Waals surface area contributed by atoms with Crippen molar-refractivity contribution in [3.05, 3.63) is 30.2 Å². The van der Waals surface area contributed by atoms with E-state index in [0.29, 0.717) is 11.1 Å². The molecule has 0 spiro atoms. The van der Waals surface area contributed by atoms with E-state index < -0.39 is 0 Å². The Kier molecular flexibility index (Phi) is 2.83. The van der Waals surface area contributed by atoms with Gasteiger partial charge in [0.2, 0.25) is 0 Å². The Morgan fingerprint density at radius 2 is 2.36 bits per heavy atom. The summed E-state index contributed by atoms with van der Waals surface area (Å²) in [6.07, 6.45) is 4.07. The topological polar surface area (TPSA) is 25.8 Å². The van der Waals surface area contributed by atoms with Gasteiger partial charge < -0.3 is 0 Å². The van der Waals surface area contributed by atoms with E-state index in [2.05, 4.69) is 16.9 Å². The third kappa shape index (κ3) is 2.85. The number of aromatic nitrogens is 2. The highest BCUT2D eigenvalue weighted by Crippen LogP contribution is 2.06. The van der Waals surface area contributed by atoms with Crippen molar-refractivity contribution in [1.29, 1.82) is 0 Å². The average Bonchev–Trinajstić information content (AvgIpc) is 1.85. The van der Waals surface area contributed by atoms with Gasteiger partial charge in [-0.1, -0.05) is 25.4 Å². The summed E-state index contributed by atoms with van der Waals surface area (Å²) < 4.78 is 0. The lowest BCUT2D eigenvalue weighted by atomic mass is 10.1. The summed E-state index contributed by atoms with van der Waals surface area (Å²) in [6, 6.07) is 0. The van der Waals surface area contributed by atoms with Crippen molar-refractivity contribution in [2.45, 2.75) is 13.3 Å². The van der Waals surface area contributed by atoms with Crippen molar-refractivity contribution in [3.63, 3.8) is 0 Å². The van der Waals surface area contributed by atoms with Crippen molar-refractivity contribution < 1.29 is 0 Å². The van der Waals surface area contributed by atoms with Crippen molar-refractivity contribution in [2.75, 3.05) is 0 Å². The molecule has 1 unspecified atom stereocenters. The molecule has 0 aliphatic carbocycles. The highest BCUT2D eigenvalue weighted by Gasteiger charge is 1.99. The number of halogens is 1. The molecular formula is C8H10ClN2. The van der Waals surface area contributed by atoms with Crippen LogP contribution in [0.4, 0.5) is 0 Å². The van der Waals surface area contributed by atoms with Crippen LogP contribution in [0.15, 0.2) is 12.4 Å². The van der Waals surface area contributed by atoms with Gasteiger partial charge in [0.1, 0.15) is 5.15 Å². The van der Waals surface area contributed by atoms with Gasteiger partial charge in [-0.2, -0.15) is 0 Å². The lowest BCUT2D eigenvalue weighted by Gasteiger charge is -2.02. The molecule has 0 amide bonds. The molecule has 2 nitrogen and oxygen atoms in total. The molecule has 1 heterocycles. The van der Waals surface area contributed by atoms with E-state index in [1.807, 2.05) is 6.92 Å². The van der Waals surface area contributed by atoms with Crippen LogP contribution in [0.5, 0.6) is 0 Å². The second-order valence-corrected chi connectivity index (χ2v) is 3.03. The summed E-state index contributed by atoms with van der Waals surface area (Å²) in [7, 11) is 0. The first kappa shape index (κ1) is 8.47. The Morgan fingerprint density at radius 3 is 2.91 bits per heavy atom. The van der Waals surface area contributed by atoms with Gasteiger partial charge in [0.15, 0.2) is 0 Å². The van der Waals surface area contributed by atoms with Crippen LogP contribution in [0.2, 0.25) is 5.15 Å². The molecule has 1 atom stereocenters. The van der Waals surface area contributed by atoms with Crippen molar-refractivity contribution >= 4 is 11.6 Å². The molecule has 0 aliphatic rings. The molecule has 1 aromatic rings. The second kappa shape index (κ2) is 3.67. The highest BCUT2D eigenvalue weighted by atomic mass is 35.5. The van der Waals surface area contributed by atoms with Crippen LogP contribution in [-0.4, -0.2) is 9.97 Å². The van der Waals surface area contributed by atoms with Crippen molar-refractivity contribution in [3.8, 4) is 0 Å². The zero-order valence-electron chi connectivity index (χ0n) is 6.42. The van der Waals surface area contributed by atoms with Crippen LogP contribution < -0.4 is 0 Å². The van der Waals surface area contributed by atoms with Gasteiger partial charge in [-0.15, -0.1) is 0 Å². The summed E-state index contributed by atoms with van der Waals surface area (Å²) in [6.45, 7) is 5.88. The highest BCUT2D eigenvalue weighted by molar-refractivity contribution is 6.29. The number of hydrogen-bond acceptors (Lipinski definition) is 2. The van der Waals surface area contributed by atoms with Crippen molar-refractivity contribution in [2.24, 2.45) is 5.92 Å². The smallest absolute Gasteiger partial charge is 0.147 e. The third-order valence-electron chi connectivity index (χ3n) is 1.21. The molecule has 0 aromatic carbocycles. The van der Waals surface area contributed by atoms with E-state index in [1.165, 1.54) is 6.20 Å². The van der Waals surface area contributed by atoms with Gasteiger partial charge in [-0.05, 0) is 12.3 Å². The minimum Gasteiger partial charge on any atom is -0.260 e. The molecule has 11 heavy (non-hydrogen) atoms. The minimum atomic E-state index is 0.350. The molecule has 0 saturated carbocycles. The molecule has 3 heteroatoms. The fourth-order valence-corrected chi connectivity index (χ4v) is 1.00. The van der Waals surface area contributed by atoms with Crippen molar-refractivity contribution in [1.82, 2.24) is 9.97 Å². The summed E-state index contributed by atoms with van der Waals surface area (Å²) in [5, 5.41) is 0.447. The molecule has 1 aromatic heterocycles. The molecule has 59 valence electrons. The van der Waals surface area contributed by atoms with E-state index in [4.69, 9.17) is 11.6 Å². The predicted octanol–water partition coefficient (Wildman–Crippen LogP) is 2.14. The lowest BCUT2D eigenvalue weighted by molar-refractivity contribution is 0.699. The van der Waals surface area contributed by atoms with E-state index in [-0.39, 0.29) is 0 Å². The average molecular weight is 170 g/mol. The maximum atomic E-state index is 5.63. The van der Waals surface area contributed by atoms with Crippen LogP contribution in [0, 0.1) is 12.8 Å². The third-order valence-corrected chi connectivity index (χ3v) is 1.39. The van der Waals surface area contributed by atoms with Gasteiger partial charge in [-0.3, -0.25) is 4.98 Å². The Hall–Kier alpha value is -0.630. The molecule has 0 aliphatic heterocycles. The van der Waals surface area contributed by atoms with E-state index >= 15 is 0 Å². The molecule has 1 rings (SSSR count). The Morgan fingerprint density at radius 1 is 1.64 bits per heavy atom. The normalized spacial score (nSPS) is 10.5. The SMILES string of the molecule is [CH2]C(C)Cc1cncc(Cl)n1. The summed E-state index contributed by atoms with van der Waals surface area (Å²) in [5.74, 6) is 0.350. The fourth-order valence-electron chi connectivity index (χ4n) is 0.835. The largest absolute Gasteiger partial charge is 0.260 e. The first-order chi connectivity index (χ1) is 5.18. The predicted molar refractivity (Wildman–Crippen MR) is 45.3 cm³/mol. The van der Waals surface area contributed by atoms with Crippen LogP contribution in [0.1, 0.15) is 12.6 Å². The monoisotopic (exact) mass is 169 g/mol. The Labute approximate surface area is 71.6 Å². The molecular weight excluding hydrogens is 160 g/mol. The molecule has 0 saturated heterocycles. The fraction of sp³-hybridized carbons (Fsp3) is 0.375. The summed E-state index contributed by atoms with van der Waals surface area (Å²) >= 11 is 5.63. The second-order valence-electron chi connectivity index (χ2n) is 2.64. The number of hydrogen-bond donors (Lipinski definition) is 0. The molecule has 0 N–H and O–H groups in total. The van der Waals surface area contributed by atoms with Crippen LogP contribution in [0.25, 0.3) is 0 Å². The van der Waals surface area contributed by atoms with E-state index in [9.17, 15) is 0 Å². The van der Waals surface area contributed by atoms with Gasteiger partial charge >= 0.3 is 0 Å².